The SMILES string of the molecule is CC(F)(F)C(=O)OCC12CC3CC(C1)CC(OCC(=O)OC1(C)C4CC5CC(C4)CC1C5)(C3)C2.CC(F)(F)C(=O)OCC12CC3CC(CC(O)(C3)C1)C2.CC1(OC(=O)CCl)C2CC3CC(C2)CC1C3.[H-].[Na+]. The van der Waals surface area contributed by atoms with Gasteiger partial charge in [-0.3, -0.25) is 4.79 Å². The molecule has 0 heterocycles. The van der Waals surface area contributed by atoms with Gasteiger partial charge in [-0.25, -0.2) is 14.4 Å². The first kappa shape index (κ1) is 53.6. The maximum Gasteiger partial charge on any atom is 1.00 e. The molecule has 0 aromatic heterocycles. The van der Waals surface area contributed by atoms with Crippen LogP contribution in [0.1, 0.15) is 170 Å². The number of alkyl halides is 5. The molecule has 16 aliphatic rings. The zero-order valence-corrected chi connectivity index (χ0v) is 45.1. The predicted octanol–water partition coefficient (Wildman–Crippen LogP) is 7.91. The van der Waals surface area contributed by atoms with Crippen LogP contribution in [-0.4, -0.2) is 88.9 Å². The van der Waals surface area contributed by atoms with E-state index in [9.17, 15) is 41.8 Å². The van der Waals surface area contributed by atoms with E-state index in [1.807, 2.05) is 0 Å². The van der Waals surface area contributed by atoms with Gasteiger partial charge in [-0.1, -0.05) is 0 Å². The van der Waals surface area contributed by atoms with Gasteiger partial charge < -0.3 is 30.2 Å². The molecule has 390 valence electrons. The monoisotopic (exact) mass is 1020 g/mol. The maximum atomic E-state index is 13.3. The van der Waals surface area contributed by atoms with Crippen molar-refractivity contribution in [1.82, 2.24) is 0 Å². The molecule has 16 aliphatic carbocycles. The van der Waals surface area contributed by atoms with Crippen molar-refractivity contribution in [2.75, 3.05) is 25.7 Å². The number of hydrogen-bond donors (Lipinski definition) is 1. The Morgan fingerprint density at radius 1 is 0.543 bits per heavy atom. The molecule has 4 unspecified atom stereocenters. The van der Waals surface area contributed by atoms with Crippen LogP contribution >= 0.6 is 11.6 Å². The molecule has 16 saturated carbocycles. The largest absolute Gasteiger partial charge is 1.00 e. The first-order chi connectivity index (χ1) is 32.3. The van der Waals surface area contributed by atoms with Gasteiger partial charge in [0.2, 0.25) is 0 Å². The maximum absolute atomic E-state index is 13.3. The van der Waals surface area contributed by atoms with Crippen molar-refractivity contribution in [3.05, 3.63) is 0 Å². The van der Waals surface area contributed by atoms with Gasteiger partial charge in [0.25, 0.3) is 0 Å². The molecule has 4 atom stereocenters. The Morgan fingerprint density at radius 2 is 0.886 bits per heavy atom. The average molecular weight is 1020 g/mol. The molecule has 0 saturated heterocycles. The third-order valence-electron chi connectivity index (χ3n) is 20.8. The van der Waals surface area contributed by atoms with Gasteiger partial charge in [-0.2, -0.15) is 17.6 Å². The smallest absolute Gasteiger partial charge is 1.00 e. The minimum absolute atomic E-state index is 0. The van der Waals surface area contributed by atoms with Gasteiger partial charge in [-0.15, -0.1) is 11.6 Å². The number of carbonyl (C=O) groups is 4. The van der Waals surface area contributed by atoms with Crippen LogP contribution in [0.2, 0.25) is 0 Å². The average Bonchev–Trinajstić information content (AvgIpc) is 3.23. The van der Waals surface area contributed by atoms with Crippen LogP contribution in [0.3, 0.4) is 0 Å². The molecule has 0 aliphatic heterocycles. The Balaban J connectivity index is 0.000000155. The van der Waals surface area contributed by atoms with Gasteiger partial charge in [0.15, 0.2) is 0 Å². The Hall–Kier alpha value is -1.19. The molecular formula is C54H78ClF4NaO10. The summed E-state index contributed by atoms with van der Waals surface area (Å²) in [5.74, 6) is -2.96. The van der Waals surface area contributed by atoms with Crippen LogP contribution in [0, 0.1) is 81.8 Å². The van der Waals surface area contributed by atoms with Gasteiger partial charge in [-0.05, 0) is 226 Å². The predicted molar refractivity (Wildman–Crippen MR) is 246 cm³/mol. The molecule has 16 rings (SSSR count). The van der Waals surface area contributed by atoms with E-state index in [0.29, 0.717) is 74.0 Å². The topological polar surface area (TPSA) is 135 Å². The summed E-state index contributed by atoms with van der Waals surface area (Å²) < 4.78 is 80.5. The molecule has 10 nitrogen and oxygen atoms in total. The number of rotatable bonds is 12. The summed E-state index contributed by atoms with van der Waals surface area (Å²) in [7, 11) is 0. The van der Waals surface area contributed by atoms with Gasteiger partial charge in [0.1, 0.15) is 23.7 Å². The summed E-state index contributed by atoms with van der Waals surface area (Å²) in [6.45, 7) is 5.42. The number of carbonyl (C=O) groups excluding carboxylic acids is 4. The molecule has 0 aromatic rings. The van der Waals surface area contributed by atoms with Crippen molar-refractivity contribution in [3.8, 4) is 0 Å². The second-order valence-corrected chi connectivity index (χ2v) is 26.9. The summed E-state index contributed by atoms with van der Waals surface area (Å²) >= 11 is 5.55. The summed E-state index contributed by atoms with van der Waals surface area (Å²) in [6, 6.07) is 0. The minimum atomic E-state index is -3.48. The second-order valence-electron chi connectivity index (χ2n) is 26.6. The van der Waals surface area contributed by atoms with Crippen LogP contribution in [0.5, 0.6) is 0 Å². The van der Waals surface area contributed by atoms with E-state index in [1.54, 1.807) is 0 Å². The molecule has 1 N–H and O–H groups in total. The van der Waals surface area contributed by atoms with E-state index in [1.165, 1.54) is 64.2 Å². The summed E-state index contributed by atoms with van der Waals surface area (Å²) in [6.07, 6.45) is 23.0. The van der Waals surface area contributed by atoms with Crippen molar-refractivity contribution in [3.63, 3.8) is 0 Å². The quantitative estimate of drug-likeness (QED) is 0.0676. The molecule has 0 amide bonds. The van der Waals surface area contributed by atoms with Crippen LogP contribution in [0.25, 0.3) is 0 Å². The van der Waals surface area contributed by atoms with Crippen molar-refractivity contribution < 1.29 is 96.5 Å². The van der Waals surface area contributed by atoms with E-state index < -0.39 is 35.0 Å². The molecule has 70 heavy (non-hydrogen) atoms. The van der Waals surface area contributed by atoms with E-state index in [-0.39, 0.29) is 90.7 Å². The molecule has 0 aromatic carbocycles. The van der Waals surface area contributed by atoms with Gasteiger partial charge in [0, 0.05) is 24.7 Å². The summed E-state index contributed by atoms with van der Waals surface area (Å²) in [5.41, 5.74) is -2.24. The van der Waals surface area contributed by atoms with E-state index in [0.717, 1.165) is 87.9 Å². The zero-order chi connectivity index (χ0) is 49.2. The fraction of sp³-hybridized carbons (Fsp3) is 0.926. The Labute approximate surface area is 440 Å². The van der Waals surface area contributed by atoms with Crippen LogP contribution < -0.4 is 29.6 Å². The zero-order valence-electron chi connectivity index (χ0n) is 43.3. The molecular weight excluding hydrogens is 943 g/mol. The van der Waals surface area contributed by atoms with Gasteiger partial charge >= 0.3 is 65.3 Å². The molecule has 16 fully saturated rings. The van der Waals surface area contributed by atoms with Crippen molar-refractivity contribution in [1.29, 1.82) is 0 Å². The first-order valence-electron chi connectivity index (χ1n) is 26.7. The normalized spacial score (nSPS) is 46.8. The Kier molecular flexibility index (Phi) is 14.7. The van der Waals surface area contributed by atoms with Crippen molar-refractivity contribution in [2.45, 2.75) is 203 Å². The van der Waals surface area contributed by atoms with Crippen LogP contribution in [0.15, 0.2) is 0 Å². The fourth-order valence-electron chi connectivity index (χ4n) is 19.3. The number of esters is 4. The first-order valence-corrected chi connectivity index (χ1v) is 27.3. The summed E-state index contributed by atoms with van der Waals surface area (Å²) in [5, 5.41) is 10.5. The number of aliphatic hydroxyl groups is 1. The van der Waals surface area contributed by atoms with Crippen molar-refractivity contribution >= 4 is 35.5 Å². The second kappa shape index (κ2) is 19.1. The van der Waals surface area contributed by atoms with Crippen molar-refractivity contribution in [2.24, 2.45) is 81.8 Å². The Bertz CT molecular complexity index is 1930. The minimum Gasteiger partial charge on any atom is -1.00 e. The summed E-state index contributed by atoms with van der Waals surface area (Å²) in [4.78, 5) is 47.4. The number of ether oxygens (including phenoxy) is 5. The fourth-order valence-corrected chi connectivity index (χ4v) is 19.4. The number of hydrogen-bond acceptors (Lipinski definition) is 10. The molecule has 16 bridgehead atoms. The Morgan fingerprint density at radius 3 is 1.24 bits per heavy atom. The molecule has 16 heteroatoms. The molecule has 0 radical (unpaired) electrons. The van der Waals surface area contributed by atoms with Crippen LogP contribution in [0.4, 0.5) is 17.6 Å². The number of halogens is 5. The van der Waals surface area contributed by atoms with Crippen LogP contribution in [-0.2, 0) is 42.9 Å². The van der Waals surface area contributed by atoms with E-state index in [4.69, 9.17) is 35.3 Å². The molecule has 0 spiro atoms. The third kappa shape index (κ3) is 10.7. The standard InChI is InChI=1S/C27H38F2O5.C14H20F2O3.C13H19ClO2.Na.H/c1-24(20-5-16-3-17(7-20)8-21(24)6-16)34-22(30)13-33-27-11-18-4-19(12-27)10-26(9-18,14-27)15-32-23(31)25(2,28)29;1-12(15,16)11(17)19-8-13-3-9-2-10(4-13)6-14(18,5-9)7-13;1-13(16-12(15)7-14)10-3-8-2-9(5-10)6-11(13)4-8;;/h16-21H,3-15H2,1-2H3;9-10,18H,2-8H2,1H3;8-11H,2-7H2,1H3;;/q;;;+1;-1. The van der Waals surface area contributed by atoms with Gasteiger partial charge in [0.05, 0.1) is 24.4 Å². The van der Waals surface area contributed by atoms with E-state index >= 15 is 0 Å². The van der Waals surface area contributed by atoms with E-state index in [2.05, 4.69) is 13.8 Å². The third-order valence-corrected chi connectivity index (χ3v) is 21.0.